The fourth-order valence-corrected chi connectivity index (χ4v) is 6.58. The lowest BCUT2D eigenvalue weighted by Gasteiger charge is -2.48. The largest absolute Gasteiger partial charge is 0.490 e. The van der Waals surface area contributed by atoms with Gasteiger partial charge in [0, 0.05) is 51.0 Å². The van der Waals surface area contributed by atoms with Crippen LogP contribution >= 0.6 is 0 Å². The van der Waals surface area contributed by atoms with Crippen molar-refractivity contribution < 1.29 is 27.5 Å². The van der Waals surface area contributed by atoms with Gasteiger partial charge in [-0.05, 0) is 37.8 Å². The number of amides is 2. The van der Waals surface area contributed by atoms with Crippen LogP contribution in [-0.4, -0.2) is 74.4 Å². The molecule has 5 rings (SSSR count). The van der Waals surface area contributed by atoms with Gasteiger partial charge in [-0.15, -0.1) is 0 Å². The normalized spacial score (nSPS) is 23.9. The van der Waals surface area contributed by atoms with Crippen molar-refractivity contribution in [3.8, 4) is 11.5 Å². The average Bonchev–Trinajstić information content (AvgIpc) is 3.03. The lowest BCUT2D eigenvalue weighted by molar-refractivity contribution is -0.142. The van der Waals surface area contributed by atoms with Crippen molar-refractivity contribution in [2.75, 3.05) is 39.4 Å². The Bertz CT molecular complexity index is 1000. The second-order valence-corrected chi connectivity index (χ2v) is 11.1. The van der Waals surface area contributed by atoms with Gasteiger partial charge in [0.05, 0.1) is 23.6 Å². The van der Waals surface area contributed by atoms with E-state index >= 15 is 0 Å². The first-order valence-corrected chi connectivity index (χ1v) is 12.8. The van der Waals surface area contributed by atoms with Gasteiger partial charge in [-0.25, -0.2) is 8.42 Å². The van der Waals surface area contributed by atoms with Crippen molar-refractivity contribution in [3.63, 3.8) is 0 Å². The Morgan fingerprint density at radius 3 is 2.34 bits per heavy atom. The Hall–Kier alpha value is -2.33. The molecule has 1 N–H and O–H groups in total. The molecule has 0 unspecified atom stereocenters. The highest BCUT2D eigenvalue weighted by Crippen LogP contribution is 2.35. The first-order chi connectivity index (χ1) is 15.4. The third-order valence-corrected chi connectivity index (χ3v) is 8.99. The van der Waals surface area contributed by atoms with Crippen LogP contribution in [0.2, 0.25) is 0 Å². The van der Waals surface area contributed by atoms with Gasteiger partial charge in [0.25, 0.3) is 0 Å². The zero-order valence-corrected chi connectivity index (χ0v) is 18.9. The topological polar surface area (TPSA) is 105 Å². The van der Waals surface area contributed by atoms with E-state index < -0.39 is 10.0 Å². The Balaban J connectivity index is 1.18. The van der Waals surface area contributed by atoms with Crippen molar-refractivity contribution in [1.29, 1.82) is 0 Å². The summed E-state index contributed by atoms with van der Waals surface area (Å²) < 4.78 is 39.0. The van der Waals surface area contributed by atoms with Gasteiger partial charge >= 0.3 is 0 Å². The van der Waals surface area contributed by atoms with Crippen LogP contribution < -0.4 is 14.8 Å². The molecule has 2 amide bonds. The molecule has 9 nitrogen and oxygen atoms in total. The van der Waals surface area contributed by atoms with Crippen LogP contribution in [0, 0.1) is 5.92 Å². The van der Waals surface area contributed by atoms with E-state index in [0.717, 1.165) is 19.3 Å². The van der Waals surface area contributed by atoms with E-state index in [4.69, 9.17) is 9.47 Å². The summed E-state index contributed by atoms with van der Waals surface area (Å²) in [7, 11) is -3.67. The Morgan fingerprint density at radius 2 is 1.69 bits per heavy atom. The summed E-state index contributed by atoms with van der Waals surface area (Å²) >= 11 is 0. The Kier molecular flexibility index (Phi) is 5.53. The number of β-lactam (4-membered cyclic amide) rings is 1. The third kappa shape index (κ3) is 3.94. The van der Waals surface area contributed by atoms with Crippen molar-refractivity contribution >= 4 is 21.8 Å². The summed E-state index contributed by atoms with van der Waals surface area (Å²) in [5.41, 5.74) is -0.103. The van der Waals surface area contributed by atoms with Crippen LogP contribution in [0.4, 0.5) is 0 Å². The van der Waals surface area contributed by atoms with Gasteiger partial charge in [-0.3, -0.25) is 9.59 Å². The molecular formula is C22H29N3O6S. The zero-order valence-electron chi connectivity index (χ0n) is 18.0. The van der Waals surface area contributed by atoms with Crippen LogP contribution in [0.3, 0.4) is 0 Å². The van der Waals surface area contributed by atoms with Crippen LogP contribution in [0.5, 0.6) is 11.5 Å². The van der Waals surface area contributed by atoms with Crippen LogP contribution in [0.25, 0.3) is 0 Å². The average molecular weight is 464 g/mol. The highest BCUT2D eigenvalue weighted by molar-refractivity contribution is 7.89. The van der Waals surface area contributed by atoms with E-state index in [1.807, 2.05) is 4.90 Å². The van der Waals surface area contributed by atoms with Crippen molar-refractivity contribution in [2.24, 2.45) is 5.92 Å². The molecular weight excluding hydrogens is 434 g/mol. The monoisotopic (exact) mass is 463 g/mol. The molecule has 1 aromatic rings. The number of hydrogen-bond donors (Lipinski definition) is 1. The second-order valence-electron chi connectivity index (χ2n) is 9.17. The molecule has 32 heavy (non-hydrogen) atoms. The van der Waals surface area contributed by atoms with Gasteiger partial charge in [-0.2, -0.15) is 4.31 Å². The zero-order chi connectivity index (χ0) is 22.3. The maximum Gasteiger partial charge on any atom is 0.243 e. The summed E-state index contributed by atoms with van der Waals surface area (Å²) in [6.45, 7) is 2.98. The minimum Gasteiger partial charge on any atom is -0.490 e. The summed E-state index contributed by atoms with van der Waals surface area (Å²) in [6.07, 6.45) is 3.93. The fourth-order valence-electron chi connectivity index (χ4n) is 5.10. The summed E-state index contributed by atoms with van der Waals surface area (Å²) in [4.78, 5) is 26.3. The Labute approximate surface area is 188 Å². The summed E-state index contributed by atoms with van der Waals surface area (Å²) in [5.74, 6) is 1.06. The molecule has 4 aliphatic rings. The molecule has 0 saturated carbocycles. The lowest BCUT2D eigenvalue weighted by atomic mass is 9.78. The summed E-state index contributed by atoms with van der Waals surface area (Å²) in [6, 6.07) is 4.75. The van der Waals surface area contributed by atoms with Gasteiger partial charge in [0.1, 0.15) is 0 Å². The molecule has 4 heterocycles. The molecule has 10 heteroatoms. The summed E-state index contributed by atoms with van der Waals surface area (Å²) in [5, 5.41) is 2.99. The maximum atomic E-state index is 13.2. The number of carbonyl (C=O) groups is 2. The van der Waals surface area contributed by atoms with E-state index in [1.54, 1.807) is 12.1 Å². The van der Waals surface area contributed by atoms with E-state index in [9.17, 15) is 18.0 Å². The number of nitrogens with one attached hydrogen (secondary N) is 1. The van der Waals surface area contributed by atoms with Crippen LogP contribution in [0.1, 0.15) is 38.5 Å². The van der Waals surface area contributed by atoms with E-state index in [1.165, 1.54) is 10.4 Å². The minimum atomic E-state index is -3.67. The molecule has 174 valence electrons. The number of sulfonamides is 1. The van der Waals surface area contributed by atoms with Gasteiger partial charge < -0.3 is 19.7 Å². The Morgan fingerprint density at radius 1 is 1.03 bits per heavy atom. The smallest absolute Gasteiger partial charge is 0.243 e. The molecule has 0 aromatic heterocycles. The van der Waals surface area contributed by atoms with Crippen LogP contribution in [0.15, 0.2) is 23.1 Å². The number of hydrogen-bond acceptors (Lipinski definition) is 6. The molecule has 3 fully saturated rings. The van der Waals surface area contributed by atoms with Gasteiger partial charge in [0.15, 0.2) is 11.5 Å². The molecule has 0 bridgehead atoms. The van der Waals surface area contributed by atoms with E-state index in [2.05, 4.69) is 5.32 Å². The lowest BCUT2D eigenvalue weighted by Crippen LogP contribution is -2.65. The second kappa shape index (κ2) is 8.22. The van der Waals surface area contributed by atoms with E-state index in [-0.39, 0.29) is 28.2 Å². The number of ether oxygens (including phenoxy) is 2. The van der Waals surface area contributed by atoms with E-state index in [0.29, 0.717) is 70.2 Å². The van der Waals surface area contributed by atoms with Gasteiger partial charge in [0.2, 0.25) is 21.8 Å². The first-order valence-electron chi connectivity index (χ1n) is 11.4. The molecule has 1 aromatic carbocycles. The highest BCUT2D eigenvalue weighted by atomic mass is 32.2. The first kappa shape index (κ1) is 21.5. The van der Waals surface area contributed by atoms with Crippen LogP contribution in [-0.2, 0) is 19.6 Å². The minimum absolute atomic E-state index is 0.0897. The third-order valence-electron chi connectivity index (χ3n) is 7.10. The quantitative estimate of drug-likeness (QED) is 0.674. The number of benzene rings is 1. The number of carbonyl (C=O) groups excluding carboxylic acids is 2. The SMILES string of the molecule is O=C1CC2(CCN(C(=O)C3CCN(S(=O)(=O)c4ccc5c(c4)OCCCO5)CC3)CC2)N1. The predicted octanol–water partition coefficient (Wildman–Crippen LogP) is 1.13. The van der Waals surface area contributed by atoms with Gasteiger partial charge in [-0.1, -0.05) is 0 Å². The number of nitrogens with zero attached hydrogens (tertiary/aromatic N) is 2. The standard InChI is InChI=1S/C22H29N3O6S/c26-20-15-22(23-20)6-10-24(11-7-22)21(27)16-4-8-25(9-5-16)32(28,29)17-2-3-18-19(14-17)31-13-1-12-30-18/h2-3,14,16H,1,4-13,15H2,(H,23,26). The highest BCUT2D eigenvalue weighted by Gasteiger charge is 2.46. The van der Waals surface area contributed by atoms with Crippen molar-refractivity contribution in [3.05, 3.63) is 18.2 Å². The molecule has 0 aliphatic carbocycles. The number of rotatable bonds is 3. The number of likely N-dealkylation sites (tertiary alicyclic amines) is 1. The number of fused-ring (bicyclic) bond motifs is 1. The van der Waals surface area contributed by atoms with Crippen molar-refractivity contribution in [1.82, 2.24) is 14.5 Å². The molecule has 1 spiro atoms. The number of piperidine rings is 2. The molecule has 4 aliphatic heterocycles. The molecule has 0 radical (unpaired) electrons. The molecule has 3 saturated heterocycles. The predicted molar refractivity (Wildman–Crippen MR) is 115 cm³/mol. The van der Waals surface area contributed by atoms with Crippen molar-refractivity contribution in [2.45, 2.75) is 49.0 Å². The maximum absolute atomic E-state index is 13.2. The fraction of sp³-hybridized carbons (Fsp3) is 0.636. The molecule has 0 atom stereocenters.